The first-order valence-electron chi connectivity index (χ1n) is 6.46. The van der Waals surface area contributed by atoms with Crippen LogP contribution in [0.1, 0.15) is 32.8 Å². The molecule has 0 saturated carbocycles. The Labute approximate surface area is 115 Å². The summed E-state index contributed by atoms with van der Waals surface area (Å²) in [6.07, 6.45) is 0.633. The van der Waals surface area contributed by atoms with Crippen LogP contribution in [0.3, 0.4) is 0 Å². The van der Waals surface area contributed by atoms with E-state index in [0.29, 0.717) is 18.5 Å². The molecule has 0 unspecified atom stereocenters. The monoisotopic (exact) mass is 283 g/mol. The third-order valence-electron chi connectivity index (χ3n) is 2.62. The Hall–Kier alpha value is -1.20. The van der Waals surface area contributed by atoms with Gasteiger partial charge in [0.25, 0.3) is 0 Å². The summed E-state index contributed by atoms with van der Waals surface area (Å²) < 4.78 is 26.5. The first-order valence-corrected chi connectivity index (χ1v) is 7.94. The normalized spacial score (nSPS) is 11.8. The van der Waals surface area contributed by atoms with Gasteiger partial charge in [0, 0.05) is 19.4 Å². The van der Waals surface area contributed by atoms with Crippen molar-refractivity contribution in [2.24, 2.45) is 5.92 Å². The van der Waals surface area contributed by atoms with Gasteiger partial charge >= 0.3 is 0 Å². The van der Waals surface area contributed by atoms with Crippen molar-refractivity contribution in [1.82, 2.24) is 4.72 Å². The number of rotatable bonds is 7. The van der Waals surface area contributed by atoms with Gasteiger partial charge in [-0.1, -0.05) is 39.0 Å². The van der Waals surface area contributed by atoms with Crippen LogP contribution in [0.25, 0.3) is 0 Å². The standard InChI is InChI=1S/C14H21NO3S/c1-4-15-19(17,18)14-8-6-5-7-12(14)10-13(16)9-11(2)3/h5-8,11,15H,4,9-10H2,1-3H3. The maximum absolute atomic E-state index is 12.0. The van der Waals surface area contributed by atoms with Gasteiger partial charge in [0.2, 0.25) is 10.0 Å². The molecular formula is C14H21NO3S. The summed E-state index contributed by atoms with van der Waals surface area (Å²) in [4.78, 5) is 12.0. The second-order valence-corrected chi connectivity index (χ2v) is 6.66. The minimum atomic E-state index is -3.52. The molecule has 1 aromatic rings. The molecule has 0 bridgehead atoms. The van der Waals surface area contributed by atoms with E-state index in [1.807, 2.05) is 13.8 Å². The number of sulfonamides is 1. The fraction of sp³-hybridized carbons (Fsp3) is 0.500. The average Bonchev–Trinajstić information content (AvgIpc) is 2.28. The number of carbonyl (C=O) groups is 1. The SMILES string of the molecule is CCNS(=O)(=O)c1ccccc1CC(=O)CC(C)C. The number of hydrogen-bond donors (Lipinski definition) is 1. The lowest BCUT2D eigenvalue weighted by molar-refractivity contribution is -0.119. The van der Waals surface area contributed by atoms with Crippen molar-refractivity contribution in [3.63, 3.8) is 0 Å². The van der Waals surface area contributed by atoms with Crippen LogP contribution in [0.2, 0.25) is 0 Å². The summed E-state index contributed by atoms with van der Waals surface area (Å²) in [5, 5.41) is 0. The van der Waals surface area contributed by atoms with Gasteiger partial charge in [0.15, 0.2) is 0 Å². The zero-order valence-electron chi connectivity index (χ0n) is 11.6. The molecule has 0 heterocycles. The predicted molar refractivity (Wildman–Crippen MR) is 75.5 cm³/mol. The highest BCUT2D eigenvalue weighted by Gasteiger charge is 2.18. The number of Topliss-reactive ketones (excluding diaryl/α,β-unsaturated/α-hetero) is 1. The molecule has 0 aliphatic rings. The van der Waals surface area contributed by atoms with Crippen molar-refractivity contribution < 1.29 is 13.2 Å². The van der Waals surface area contributed by atoms with Gasteiger partial charge in [0.1, 0.15) is 5.78 Å². The molecule has 5 heteroatoms. The van der Waals surface area contributed by atoms with Crippen molar-refractivity contribution in [2.75, 3.05) is 6.54 Å². The van der Waals surface area contributed by atoms with E-state index < -0.39 is 10.0 Å². The zero-order valence-corrected chi connectivity index (χ0v) is 12.5. The highest BCUT2D eigenvalue weighted by Crippen LogP contribution is 2.17. The van der Waals surface area contributed by atoms with E-state index >= 15 is 0 Å². The van der Waals surface area contributed by atoms with E-state index in [1.54, 1.807) is 25.1 Å². The highest BCUT2D eigenvalue weighted by molar-refractivity contribution is 7.89. The van der Waals surface area contributed by atoms with Crippen LogP contribution in [0.15, 0.2) is 29.2 Å². The van der Waals surface area contributed by atoms with Gasteiger partial charge < -0.3 is 0 Å². The first-order chi connectivity index (χ1) is 8.86. The number of ketones is 1. The highest BCUT2D eigenvalue weighted by atomic mass is 32.2. The van der Waals surface area contributed by atoms with Crippen LogP contribution in [-0.4, -0.2) is 20.7 Å². The maximum atomic E-state index is 12.0. The smallest absolute Gasteiger partial charge is 0.240 e. The zero-order chi connectivity index (χ0) is 14.5. The average molecular weight is 283 g/mol. The van der Waals surface area contributed by atoms with E-state index in [4.69, 9.17) is 0 Å². The fourth-order valence-electron chi connectivity index (χ4n) is 1.92. The molecule has 19 heavy (non-hydrogen) atoms. The van der Waals surface area contributed by atoms with E-state index in [0.717, 1.165) is 0 Å². The quantitative estimate of drug-likeness (QED) is 0.834. The predicted octanol–water partition coefficient (Wildman–Crippen LogP) is 2.14. The van der Waals surface area contributed by atoms with Crippen molar-refractivity contribution in [3.8, 4) is 0 Å². The lowest BCUT2D eigenvalue weighted by Gasteiger charge is -2.10. The van der Waals surface area contributed by atoms with Crippen molar-refractivity contribution in [2.45, 2.75) is 38.5 Å². The number of benzene rings is 1. The summed E-state index contributed by atoms with van der Waals surface area (Å²) >= 11 is 0. The van der Waals surface area contributed by atoms with Gasteiger partial charge in [0.05, 0.1) is 4.90 Å². The summed E-state index contributed by atoms with van der Waals surface area (Å²) in [6.45, 7) is 6.00. The number of carbonyl (C=O) groups excluding carboxylic acids is 1. The van der Waals surface area contributed by atoms with E-state index in [2.05, 4.69) is 4.72 Å². The maximum Gasteiger partial charge on any atom is 0.240 e. The van der Waals surface area contributed by atoms with Gasteiger partial charge in [-0.05, 0) is 17.5 Å². The van der Waals surface area contributed by atoms with Gasteiger partial charge in [-0.15, -0.1) is 0 Å². The van der Waals surface area contributed by atoms with Crippen LogP contribution >= 0.6 is 0 Å². The topological polar surface area (TPSA) is 63.2 Å². The molecule has 0 fully saturated rings. The second-order valence-electron chi connectivity index (χ2n) is 4.92. The Morgan fingerprint density at radius 3 is 2.47 bits per heavy atom. The van der Waals surface area contributed by atoms with Crippen LogP contribution in [0, 0.1) is 5.92 Å². The Morgan fingerprint density at radius 1 is 1.26 bits per heavy atom. The minimum absolute atomic E-state index is 0.0640. The lowest BCUT2D eigenvalue weighted by atomic mass is 10.0. The van der Waals surface area contributed by atoms with Crippen LogP contribution in [0.4, 0.5) is 0 Å². The van der Waals surface area contributed by atoms with Gasteiger partial charge in [-0.3, -0.25) is 4.79 Å². The molecule has 0 aliphatic carbocycles. The molecule has 106 valence electrons. The minimum Gasteiger partial charge on any atom is -0.299 e. The number of nitrogens with one attached hydrogen (secondary N) is 1. The molecule has 1 aromatic carbocycles. The Morgan fingerprint density at radius 2 is 1.89 bits per heavy atom. The lowest BCUT2D eigenvalue weighted by Crippen LogP contribution is -2.24. The molecule has 1 rings (SSSR count). The molecule has 0 aromatic heterocycles. The molecule has 0 amide bonds. The summed E-state index contributed by atoms with van der Waals surface area (Å²) in [6, 6.07) is 6.65. The largest absolute Gasteiger partial charge is 0.299 e. The molecule has 0 spiro atoms. The Balaban J connectivity index is 3.00. The Bertz CT molecular complexity index is 535. The molecule has 0 atom stereocenters. The molecule has 0 radical (unpaired) electrons. The summed E-state index contributed by atoms with van der Waals surface area (Å²) in [5.74, 6) is 0.346. The van der Waals surface area contributed by atoms with Gasteiger partial charge in [-0.25, -0.2) is 13.1 Å². The van der Waals surface area contributed by atoms with Crippen molar-refractivity contribution in [3.05, 3.63) is 29.8 Å². The van der Waals surface area contributed by atoms with Crippen LogP contribution in [-0.2, 0) is 21.2 Å². The Kier molecular flexibility index (Phi) is 5.69. The molecular weight excluding hydrogens is 262 g/mol. The van der Waals surface area contributed by atoms with Crippen molar-refractivity contribution >= 4 is 15.8 Å². The van der Waals surface area contributed by atoms with Crippen molar-refractivity contribution in [1.29, 1.82) is 0 Å². The van der Waals surface area contributed by atoms with E-state index in [1.165, 1.54) is 6.07 Å². The summed E-state index contributed by atoms with van der Waals surface area (Å²) in [5.41, 5.74) is 0.564. The third-order valence-corrected chi connectivity index (χ3v) is 4.27. The van der Waals surface area contributed by atoms with E-state index in [-0.39, 0.29) is 23.0 Å². The third kappa shape index (κ3) is 4.76. The fourth-order valence-corrected chi connectivity index (χ4v) is 3.20. The van der Waals surface area contributed by atoms with E-state index in [9.17, 15) is 13.2 Å². The molecule has 1 N–H and O–H groups in total. The number of hydrogen-bond acceptors (Lipinski definition) is 3. The second kappa shape index (κ2) is 6.82. The van der Waals surface area contributed by atoms with Crippen LogP contribution < -0.4 is 4.72 Å². The van der Waals surface area contributed by atoms with Gasteiger partial charge in [-0.2, -0.15) is 0 Å². The molecule has 0 aliphatic heterocycles. The molecule has 4 nitrogen and oxygen atoms in total. The molecule has 0 saturated heterocycles. The summed E-state index contributed by atoms with van der Waals surface area (Å²) in [7, 11) is -3.52. The first kappa shape index (κ1) is 15.9. The van der Waals surface area contributed by atoms with Crippen LogP contribution in [0.5, 0.6) is 0 Å².